The molecule has 1 aromatic heterocycles. The molecule has 2 aromatic rings. The lowest BCUT2D eigenvalue weighted by molar-refractivity contribution is -0.142. The van der Waals surface area contributed by atoms with E-state index in [2.05, 4.69) is 31.9 Å². The molecule has 2 aliphatic carbocycles. The molecule has 0 spiro atoms. The van der Waals surface area contributed by atoms with Crippen LogP contribution in [0, 0.1) is 11.3 Å². The maximum Gasteiger partial charge on any atom is 0.407 e. The van der Waals surface area contributed by atoms with E-state index in [9.17, 15) is 27.6 Å². The van der Waals surface area contributed by atoms with E-state index in [0.717, 1.165) is 5.56 Å². The van der Waals surface area contributed by atoms with Crippen LogP contribution in [0.3, 0.4) is 0 Å². The first-order valence-electron chi connectivity index (χ1n) is 15.4. The normalized spacial score (nSPS) is 24.4. The summed E-state index contributed by atoms with van der Waals surface area (Å²) < 4.78 is 38.1. The first-order chi connectivity index (χ1) is 22.2. The van der Waals surface area contributed by atoms with Gasteiger partial charge < -0.3 is 25.0 Å². The van der Waals surface area contributed by atoms with E-state index in [1.165, 1.54) is 18.1 Å². The van der Waals surface area contributed by atoms with Crippen molar-refractivity contribution in [2.45, 2.75) is 75.4 Å². The minimum Gasteiger partial charge on any atom is -0.458 e. The Morgan fingerprint density at radius 3 is 2.43 bits per heavy atom. The highest BCUT2D eigenvalue weighted by atomic mass is 32.2. The molecule has 3 aliphatic rings. The Kier molecular flexibility index (Phi) is 9.31. The van der Waals surface area contributed by atoms with Crippen molar-refractivity contribution in [2.75, 3.05) is 13.7 Å². The molecule has 14 nitrogen and oxygen atoms in total. The van der Waals surface area contributed by atoms with Crippen LogP contribution < -0.4 is 20.1 Å². The van der Waals surface area contributed by atoms with Crippen LogP contribution in [0.5, 0.6) is 6.01 Å². The Morgan fingerprint density at radius 1 is 1.13 bits per heavy atom. The zero-order valence-electron chi connectivity index (χ0n) is 26.8. The highest BCUT2D eigenvalue weighted by Crippen LogP contribution is 2.45. The summed E-state index contributed by atoms with van der Waals surface area (Å²) in [4.78, 5) is 63.7. The minimum atomic E-state index is -3.88. The molecule has 2 heterocycles. The third-order valence-electron chi connectivity index (χ3n) is 8.63. The molecule has 0 bridgehead atoms. The number of sulfonamides is 1. The highest BCUT2D eigenvalue weighted by Gasteiger charge is 2.62. The first-order valence-corrected chi connectivity index (χ1v) is 16.9. The molecule has 3 N–H and O–H groups in total. The van der Waals surface area contributed by atoms with Crippen LogP contribution in [-0.4, -0.2) is 89.7 Å². The standard InChI is InChI=1S/C32H40N6O8S/c1-6-20-17-32(20,28(41)37-47(43,44)22-12-13-22)36-26(39)24-16-21(18-38(24)27(40)25(31(2,3)4)35-30(42)45-5)46-29-33-15-14-23(34-29)19-10-8-7-9-11-19/h6-11,14-15,20-22,24-25H,1,12-13,16-18H2,2-5H3,(H,35,42)(H,36,39)(H,37,41)/t20-,21-,24+,25-,32-/m1/s1. The molecular weight excluding hydrogens is 628 g/mol. The molecule has 0 unspecified atom stereocenters. The predicted octanol–water partition coefficient (Wildman–Crippen LogP) is 1.93. The van der Waals surface area contributed by atoms with E-state index in [-0.39, 0.29) is 25.4 Å². The third-order valence-corrected chi connectivity index (χ3v) is 10.5. The van der Waals surface area contributed by atoms with Gasteiger partial charge in [0, 0.05) is 24.1 Å². The number of hydrogen-bond acceptors (Lipinski definition) is 10. The van der Waals surface area contributed by atoms with Gasteiger partial charge in [-0.05, 0) is 30.7 Å². The lowest BCUT2D eigenvalue weighted by atomic mass is 9.85. The summed E-state index contributed by atoms with van der Waals surface area (Å²) in [5.74, 6) is -2.62. The molecule has 2 saturated carbocycles. The summed E-state index contributed by atoms with van der Waals surface area (Å²) in [7, 11) is -2.71. The van der Waals surface area contributed by atoms with Gasteiger partial charge in [-0.15, -0.1) is 6.58 Å². The average molecular weight is 669 g/mol. The van der Waals surface area contributed by atoms with Gasteiger partial charge in [0.2, 0.25) is 21.8 Å². The molecular formula is C32H40N6O8S. The van der Waals surface area contributed by atoms with Gasteiger partial charge in [0.25, 0.3) is 5.91 Å². The van der Waals surface area contributed by atoms with Crippen LogP contribution in [0.2, 0.25) is 0 Å². The smallest absolute Gasteiger partial charge is 0.407 e. The van der Waals surface area contributed by atoms with E-state index < -0.39 is 74.1 Å². The van der Waals surface area contributed by atoms with Gasteiger partial charge in [0.1, 0.15) is 23.7 Å². The fourth-order valence-electron chi connectivity index (χ4n) is 5.70. The van der Waals surface area contributed by atoms with Gasteiger partial charge in [0.05, 0.1) is 24.6 Å². The molecule has 1 aromatic carbocycles. The lowest BCUT2D eigenvalue weighted by Gasteiger charge is -2.35. The van der Waals surface area contributed by atoms with Crippen molar-refractivity contribution in [3.63, 3.8) is 0 Å². The van der Waals surface area contributed by atoms with E-state index >= 15 is 0 Å². The SMILES string of the molecule is C=C[C@@H]1C[C@]1(NC(=O)[C@@H]1C[C@@H](Oc2nccc(-c3ccccc3)n2)CN1C(=O)[C@@H](NC(=O)OC)C(C)(C)C)C(=O)NS(=O)(=O)C1CC1. The first kappa shape index (κ1) is 33.8. The molecule has 4 amide bonds. The van der Waals surface area contributed by atoms with E-state index in [1.54, 1.807) is 33.0 Å². The number of carbonyl (C=O) groups is 4. The monoisotopic (exact) mass is 668 g/mol. The Morgan fingerprint density at radius 2 is 1.83 bits per heavy atom. The number of aromatic nitrogens is 2. The van der Waals surface area contributed by atoms with Gasteiger partial charge in [-0.1, -0.05) is 57.2 Å². The van der Waals surface area contributed by atoms with Crippen LogP contribution in [0.4, 0.5) is 4.79 Å². The molecule has 0 radical (unpaired) electrons. The maximum atomic E-state index is 14.1. The van der Waals surface area contributed by atoms with E-state index in [0.29, 0.717) is 18.5 Å². The number of nitrogens with zero attached hydrogens (tertiary/aromatic N) is 3. The van der Waals surface area contributed by atoms with Crippen molar-refractivity contribution in [2.24, 2.45) is 11.3 Å². The van der Waals surface area contributed by atoms with Gasteiger partial charge >= 0.3 is 12.1 Å². The lowest BCUT2D eigenvalue weighted by Crippen LogP contribution is -2.60. The minimum absolute atomic E-state index is 0.00239. The number of amides is 4. The molecule has 15 heteroatoms. The number of nitrogens with one attached hydrogen (secondary N) is 3. The summed E-state index contributed by atoms with van der Waals surface area (Å²) in [5.41, 5.74) is -0.879. The molecule has 1 saturated heterocycles. The highest BCUT2D eigenvalue weighted by molar-refractivity contribution is 7.91. The number of rotatable bonds is 11. The van der Waals surface area contributed by atoms with Crippen molar-refractivity contribution in [1.82, 2.24) is 30.2 Å². The fraction of sp³-hybridized carbons (Fsp3) is 0.500. The number of hydrogen-bond donors (Lipinski definition) is 3. The molecule has 252 valence electrons. The summed E-state index contributed by atoms with van der Waals surface area (Å²) >= 11 is 0. The van der Waals surface area contributed by atoms with E-state index in [4.69, 9.17) is 9.47 Å². The maximum absolute atomic E-state index is 14.1. The Bertz CT molecular complexity index is 1660. The quantitative estimate of drug-likeness (QED) is 0.299. The van der Waals surface area contributed by atoms with Crippen molar-refractivity contribution >= 4 is 33.8 Å². The molecule has 3 fully saturated rings. The molecule has 5 atom stereocenters. The zero-order chi connectivity index (χ0) is 34.1. The summed E-state index contributed by atoms with van der Waals surface area (Å²) in [5, 5.41) is 4.68. The van der Waals surface area contributed by atoms with Crippen LogP contribution in [0.15, 0.2) is 55.3 Å². The molecule has 47 heavy (non-hydrogen) atoms. The van der Waals surface area contributed by atoms with Crippen molar-refractivity contribution in [3.8, 4) is 17.3 Å². The van der Waals surface area contributed by atoms with E-state index in [1.807, 2.05) is 30.3 Å². The number of methoxy groups -OCH3 is 1. The van der Waals surface area contributed by atoms with Crippen LogP contribution >= 0.6 is 0 Å². The topological polar surface area (TPSA) is 186 Å². The largest absolute Gasteiger partial charge is 0.458 e. The summed E-state index contributed by atoms with van der Waals surface area (Å²) in [6.45, 7) is 8.94. The molecule has 5 rings (SSSR count). The number of ether oxygens (including phenoxy) is 2. The van der Waals surface area contributed by atoms with Crippen LogP contribution in [0.25, 0.3) is 11.3 Å². The summed E-state index contributed by atoms with van der Waals surface area (Å²) in [6, 6.07) is 8.94. The Hall–Kier alpha value is -4.53. The average Bonchev–Trinajstić information content (AvgIpc) is 3.96. The van der Waals surface area contributed by atoms with Gasteiger partial charge in [0.15, 0.2) is 0 Å². The molecule has 1 aliphatic heterocycles. The van der Waals surface area contributed by atoms with Crippen molar-refractivity contribution in [3.05, 3.63) is 55.3 Å². The summed E-state index contributed by atoms with van der Waals surface area (Å²) in [6.07, 6.45) is 2.53. The number of likely N-dealkylation sites (tertiary alicyclic amines) is 1. The predicted molar refractivity (Wildman–Crippen MR) is 170 cm³/mol. The number of carbonyl (C=O) groups excluding carboxylic acids is 4. The number of benzene rings is 1. The third kappa shape index (κ3) is 7.39. The second kappa shape index (κ2) is 12.9. The van der Waals surface area contributed by atoms with Crippen LogP contribution in [-0.2, 0) is 29.1 Å². The number of alkyl carbamates (subject to hydrolysis) is 1. The second-order valence-electron chi connectivity index (χ2n) is 13.2. The second-order valence-corrected chi connectivity index (χ2v) is 15.2. The fourth-order valence-corrected chi connectivity index (χ4v) is 7.07. The van der Waals surface area contributed by atoms with Gasteiger partial charge in [-0.3, -0.25) is 19.1 Å². The van der Waals surface area contributed by atoms with Gasteiger partial charge in [-0.25, -0.2) is 18.2 Å². The van der Waals surface area contributed by atoms with Crippen molar-refractivity contribution in [1.29, 1.82) is 0 Å². The Labute approximate surface area is 273 Å². The van der Waals surface area contributed by atoms with Gasteiger partial charge in [-0.2, -0.15) is 4.98 Å². The Balaban J connectivity index is 1.41. The zero-order valence-corrected chi connectivity index (χ0v) is 27.6. The van der Waals surface area contributed by atoms with Crippen molar-refractivity contribution < 1.29 is 37.1 Å². The van der Waals surface area contributed by atoms with Crippen LogP contribution in [0.1, 0.15) is 46.5 Å².